The SMILES string of the molecule is C[C@@H]1CC[C@H](NC(=O)Nc2cc(Cl)c(-c3cnn(-c4ccncc4)c3)cc2F)Cc2cc(=O)[nH]nc21. The van der Waals surface area contributed by atoms with E-state index in [4.69, 9.17) is 11.6 Å². The first-order valence-corrected chi connectivity index (χ1v) is 11.9. The average Bonchev–Trinajstić information content (AvgIpc) is 3.29. The topological polar surface area (TPSA) is 118 Å². The molecule has 0 bridgehead atoms. The van der Waals surface area contributed by atoms with Gasteiger partial charge in [-0.1, -0.05) is 18.5 Å². The lowest BCUT2D eigenvalue weighted by Gasteiger charge is -2.18. The van der Waals surface area contributed by atoms with Crippen molar-refractivity contribution in [2.45, 2.75) is 38.1 Å². The standard InChI is InChI=1S/C25H23ClFN7O2/c1-14-2-3-17(8-15-9-23(35)32-33-24(14)15)30-25(36)31-22-11-20(26)19(10-21(22)27)16-12-29-34(13-16)18-4-6-28-7-5-18/h4-7,9-14,17H,2-3,8H2,1H3,(H,32,35)(H2,30,31,36)/t14-,17+/m1/s1. The van der Waals surface area contributed by atoms with Crippen LogP contribution >= 0.6 is 11.6 Å². The number of benzene rings is 1. The molecule has 4 aromatic rings. The second-order valence-corrected chi connectivity index (χ2v) is 9.22. The zero-order chi connectivity index (χ0) is 25.2. The Kier molecular flexibility index (Phi) is 6.51. The monoisotopic (exact) mass is 507 g/mol. The third kappa shape index (κ3) is 4.99. The third-order valence-electron chi connectivity index (χ3n) is 6.26. The van der Waals surface area contributed by atoms with Gasteiger partial charge in [-0.3, -0.25) is 9.78 Å². The summed E-state index contributed by atoms with van der Waals surface area (Å²) in [5, 5.41) is 16.7. The minimum absolute atomic E-state index is 0.0386. The van der Waals surface area contributed by atoms with Gasteiger partial charge in [0, 0.05) is 47.7 Å². The molecular weight excluding hydrogens is 485 g/mol. The number of aromatic nitrogens is 5. The van der Waals surface area contributed by atoms with Crippen molar-refractivity contribution < 1.29 is 9.18 Å². The van der Waals surface area contributed by atoms with Gasteiger partial charge in [0.25, 0.3) is 5.56 Å². The van der Waals surface area contributed by atoms with Crippen molar-refractivity contribution in [3.05, 3.63) is 87.6 Å². The maximum atomic E-state index is 15.0. The first kappa shape index (κ1) is 23.7. The van der Waals surface area contributed by atoms with Gasteiger partial charge < -0.3 is 10.6 Å². The number of nitrogens with one attached hydrogen (secondary N) is 3. The van der Waals surface area contributed by atoms with Crippen molar-refractivity contribution in [1.82, 2.24) is 30.3 Å². The maximum absolute atomic E-state index is 15.0. The van der Waals surface area contributed by atoms with Gasteiger partial charge >= 0.3 is 6.03 Å². The van der Waals surface area contributed by atoms with Crippen LogP contribution in [0.2, 0.25) is 5.02 Å². The summed E-state index contributed by atoms with van der Waals surface area (Å²) in [6.45, 7) is 2.03. The number of urea groups is 1. The number of carbonyl (C=O) groups is 1. The van der Waals surface area contributed by atoms with Crippen LogP contribution in [0.15, 0.2) is 59.9 Å². The molecule has 11 heteroatoms. The van der Waals surface area contributed by atoms with E-state index in [9.17, 15) is 14.0 Å². The van der Waals surface area contributed by atoms with Gasteiger partial charge in [0.05, 0.1) is 28.3 Å². The van der Waals surface area contributed by atoms with E-state index in [1.165, 1.54) is 18.2 Å². The van der Waals surface area contributed by atoms with E-state index < -0.39 is 11.8 Å². The molecule has 1 aromatic carbocycles. The maximum Gasteiger partial charge on any atom is 0.319 e. The zero-order valence-electron chi connectivity index (χ0n) is 19.3. The fourth-order valence-corrected chi connectivity index (χ4v) is 4.70. The van der Waals surface area contributed by atoms with Crippen molar-refractivity contribution in [3.8, 4) is 16.8 Å². The fourth-order valence-electron chi connectivity index (χ4n) is 4.43. The summed E-state index contributed by atoms with van der Waals surface area (Å²) in [6, 6.07) is 6.98. The second kappa shape index (κ2) is 9.90. The van der Waals surface area contributed by atoms with E-state index in [1.807, 2.05) is 6.92 Å². The summed E-state index contributed by atoms with van der Waals surface area (Å²) in [5.74, 6) is -0.477. The molecule has 0 unspecified atom stereocenters. The molecule has 3 aromatic heterocycles. The smallest absolute Gasteiger partial charge is 0.319 e. The summed E-state index contributed by atoms with van der Waals surface area (Å²) >= 11 is 6.45. The Morgan fingerprint density at radius 3 is 2.83 bits per heavy atom. The number of rotatable bonds is 4. The zero-order valence-corrected chi connectivity index (χ0v) is 20.1. The lowest BCUT2D eigenvalue weighted by molar-refractivity contribution is 0.247. The number of hydrogen-bond donors (Lipinski definition) is 3. The van der Waals surface area contributed by atoms with Gasteiger partial charge in [-0.05, 0) is 49.1 Å². The molecular formula is C25H23ClFN7O2. The van der Waals surface area contributed by atoms with Crippen molar-refractivity contribution in [3.63, 3.8) is 0 Å². The number of hydrogen-bond acceptors (Lipinski definition) is 5. The molecule has 184 valence electrons. The van der Waals surface area contributed by atoms with Crippen molar-refractivity contribution >= 4 is 23.3 Å². The van der Waals surface area contributed by atoms with E-state index in [0.717, 1.165) is 23.4 Å². The molecule has 2 amide bonds. The lowest BCUT2D eigenvalue weighted by atomic mass is 10.0. The molecule has 0 radical (unpaired) electrons. The minimum atomic E-state index is -0.628. The van der Waals surface area contributed by atoms with E-state index in [2.05, 4.69) is 30.9 Å². The molecule has 2 atom stereocenters. The highest BCUT2D eigenvalue weighted by Crippen LogP contribution is 2.33. The highest BCUT2D eigenvalue weighted by molar-refractivity contribution is 6.33. The number of H-pyrrole nitrogens is 1. The highest BCUT2D eigenvalue weighted by atomic mass is 35.5. The number of pyridine rings is 1. The van der Waals surface area contributed by atoms with Crippen LogP contribution in [0.25, 0.3) is 16.8 Å². The Morgan fingerprint density at radius 1 is 1.22 bits per heavy atom. The van der Waals surface area contributed by atoms with Crippen LogP contribution in [-0.2, 0) is 6.42 Å². The van der Waals surface area contributed by atoms with Crippen LogP contribution in [0.4, 0.5) is 14.9 Å². The molecule has 3 N–H and O–H groups in total. The normalized spacial score (nSPS) is 17.2. The fraction of sp³-hybridized carbons (Fsp3) is 0.240. The first-order chi connectivity index (χ1) is 17.4. The molecule has 0 saturated heterocycles. The number of nitrogens with zero attached hydrogens (tertiary/aromatic N) is 4. The van der Waals surface area contributed by atoms with Crippen LogP contribution < -0.4 is 16.2 Å². The van der Waals surface area contributed by atoms with E-state index in [1.54, 1.807) is 41.6 Å². The number of anilines is 1. The number of aromatic amines is 1. The molecule has 3 heterocycles. The Morgan fingerprint density at radius 2 is 2.03 bits per heavy atom. The quantitative estimate of drug-likeness (QED) is 0.353. The van der Waals surface area contributed by atoms with Gasteiger partial charge in [-0.2, -0.15) is 10.2 Å². The van der Waals surface area contributed by atoms with Crippen LogP contribution in [0.3, 0.4) is 0 Å². The number of amides is 2. The highest BCUT2D eigenvalue weighted by Gasteiger charge is 2.24. The predicted octanol–water partition coefficient (Wildman–Crippen LogP) is 4.44. The van der Waals surface area contributed by atoms with Crippen molar-refractivity contribution in [1.29, 1.82) is 0 Å². The summed E-state index contributed by atoms with van der Waals surface area (Å²) in [6.07, 6.45) is 8.58. The molecule has 9 nitrogen and oxygen atoms in total. The van der Waals surface area contributed by atoms with Gasteiger partial charge in [0.1, 0.15) is 5.82 Å². The largest absolute Gasteiger partial charge is 0.335 e. The van der Waals surface area contributed by atoms with Crippen molar-refractivity contribution in [2.24, 2.45) is 0 Å². The van der Waals surface area contributed by atoms with E-state index >= 15 is 0 Å². The predicted molar refractivity (Wildman–Crippen MR) is 134 cm³/mol. The van der Waals surface area contributed by atoms with Crippen LogP contribution in [0.1, 0.15) is 36.9 Å². The molecule has 1 aliphatic carbocycles. The summed E-state index contributed by atoms with van der Waals surface area (Å²) in [5.41, 5.74) is 3.20. The first-order valence-electron chi connectivity index (χ1n) is 11.5. The minimum Gasteiger partial charge on any atom is -0.335 e. The Balaban J connectivity index is 1.29. The average molecular weight is 508 g/mol. The molecule has 36 heavy (non-hydrogen) atoms. The van der Waals surface area contributed by atoms with Crippen LogP contribution in [0.5, 0.6) is 0 Å². The molecule has 0 aliphatic heterocycles. The number of fused-ring (bicyclic) bond motifs is 1. The molecule has 5 rings (SSSR count). The number of halogens is 2. The summed E-state index contributed by atoms with van der Waals surface area (Å²) in [7, 11) is 0. The van der Waals surface area contributed by atoms with Crippen LogP contribution in [-0.4, -0.2) is 37.0 Å². The second-order valence-electron chi connectivity index (χ2n) is 8.81. The van der Waals surface area contributed by atoms with Crippen molar-refractivity contribution in [2.75, 3.05) is 5.32 Å². The van der Waals surface area contributed by atoms with Gasteiger partial charge in [-0.25, -0.2) is 19.0 Å². The summed E-state index contributed by atoms with van der Waals surface area (Å²) < 4.78 is 16.6. The van der Waals surface area contributed by atoms with E-state index in [-0.39, 0.29) is 28.2 Å². The van der Waals surface area contributed by atoms with Gasteiger partial charge in [-0.15, -0.1) is 0 Å². The molecule has 0 spiro atoms. The summed E-state index contributed by atoms with van der Waals surface area (Å²) in [4.78, 5) is 28.4. The molecule has 1 aliphatic rings. The third-order valence-corrected chi connectivity index (χ3v) is 6.58. The van der Waals surface area contributed by atoms with Gasteiger partial charge in [0.15, 0.2) is 0 Å². The molecule has 0 saturated carbocycles. The Bertz CT molecular complexity index is 1470. The lowest BCUT2D eigenvalue weighted by Crippen LogP contribution is -2.39. The Hall–Kier alpha value is -4.05. The van der Waals surface area contributed by atoms with Gasteiger partial charge in [0.2, 0.25) is 0 Å². The molecule has 0 fully saturated rings. The number of carbonyl (C=O) groups excluding carboxylic acids is 1. The van der Waals surface area contributed by atoms with Crippen LogP contribution in [0, 0.1) is 5.82 Å². The van der Waals surface area contributed by atoms with E-state index in [0.29, 0.717) is 24.0 Å². The Labute approximate surface area is 210 Å².